The van der Waals surface area contributed by atoms with Crippen LogP contribution in [0.2, 0.25) is 0 Å². The molecule has 0 aliphatic heterocycles. The molecule has 4 aromatic carbocycles. The highest BCUT2D eigenvalue weighted by molar-refractivity contribution is 9.12. The van der Waals surface area contributed by atoms with E-state index >= 15 is 0 Å². The van der Waals surface area contributed by atoms with Gasteiger partial charge in [0, 0.05) is 110 Å². The van der Waals surface area contributed by atoms with E-state index in [2.05, 4.69) is 62.7 Å². The number of nitro groups is 1. The Morgan fingerprint density at radius 2 is 0.948 bits per heavy atom. The van der Waals surface area contributed by atoms with Crippen LogP contribution in [-0.2, 0) is 40.4 Å². The number of allylic oxidation sites excluding steroid dienone is 2. The number of hydrogen-bond acceptors (Lipinski definition) is 24. The molecule has 4 aromatic heterocycles. The highest BCUT2D eigenvalue weighted by atomic mass is 79.9. The predicted molar refractivity (Wildman–Crippen MR) is 442 cm³/mol. The molecule has 0 fully saturated rings. The fourth-order valence-electron chi connectivity index (χ4n) is 9.26. The van der Waals surface area contributed by atoms with E-state index in [0.29, 0.717) is 122 Å². The summed E-state index contributed by atoms with van der Waals surface area (Å²) >= 11 is 2.45. The summed E-state index contributed by atoms with van der Waals surface area (Å²) in [6.45, 7) is 28.4. The lowest BCUT2D eigenvalue weighted by Crippen LogP contribution is -2.32. The first-order chi connectivity index (χ1) is 54.3. The normalized spacial score (nSPS) is 10.9. The van der Waals surface area contributed by atoms with Gasteiger partial charge in [-0.05, 0) is 169 Å². The predicted octanol–water partition coefficient (Wildman–Crippen LogP) is 8.72. The number of carbonyl (C=O) groups is 9. The SMILES string of the molecule is CC(C)(C)OC(=O)NC/C=C/CN.CC(C)(C)OC(=O)NC/C=C/CNc1ccc(C(N)=O)cc1N.CC(C)(C)OC(=O)NC/C=C/Cn1c(N)nc2cc(C(N)=O)ccc21.CCn1nc(C)cc1C(=O)Nc1nc2cc(C(N)=O)ccc2n1C/C=C/CN.CCn1nc(C)cc1C(=O)O.N#CBr.NC(=O)c1ccc(F)c([N+](=O)[O-])c1. The fraction of sp³-hybridized carbons (Fsp3) is 0.342. The number of fused-ring (bicyclic) bond motifs is 2. The molecule has 0 bridgehead atoms. The lowest BCUT2D eigenvalue weighted by Gasteiger charge is -2.19. The quantitative estimate of drug-likeness (QED) is 0.00835. The number of imidazole rings is 2. The van der Waals surface area contributed by atoms with Crippen LogP contribution < -0.4 is 72.5 Å². The third-order valence-corrected chi connectivity index (χ3v) is 14.2. The molecule has 0 aliphatic carbocycles. The Hall–Kier alpha value is -13.6. The second kappa shape index (κ2) is 48.4. The fourth-order valence-corrected chi connectivity index (χ4v) is 9.26. The molecule has 40 heteroatoms. The number of nitrogen functional groups attached to an aromatic ring is 2. The zero-order valence-corrected chi connectivity index (χ0v) is 68.4. The number of anilines is 4. The maximum absolute atomic E-state index is 12.8. The number of nitrogens with one attached hydrogen (secondary N) is 5. The number of aromatic carboxylic acids is 1. The monoisotopic (exact) mass is 1680 g/mol. The number of carboxylic acids is 1. The number of nitrogens with two attached hydrogens (primary N) is 8. The molecule has 0 aliphatic rings. The lowest BCUT2D eigenvalue weighted by molar-refractivity contribution is -0.387. The van der Waals surface area contributed by atoms with Crippen LogP contribution in [-0.4, -0.2) is 159 Å². The third-order valence-electron chi connectivity index (χ3n) is 14.2. The Labute approximate surface area is 677 Å². The van der Waals surface area contributed by atoms with Crippen LogP contribution in [0.25, 0.3) is 22.1 Å². The van der Waals surface area contributed by atoms with E-state index in [1.54, 1.807) is 148 Å². The molecule has 626 valence electrons. The molecule has 4 heterocycles. The standard InChI is InChI=1S/C19H23N7O2.C17H23N5O3.C16H24N4O3.C9H18N2O2.C7H5FN2O3.C7H10N2O2.CBrN/c1-3-26-16(10-12(2)24-26)18(28)23-19-22-14-11-13(17(21)27)6-7-15(14)25(19)9-5-4-8-20;1-17(2,3)25-16(24)20-8-4-5-9-22-13-7-6-11(14(18)23)10-12(13)21-15(22)19;1-16(2,3)23-15(22)20-9-5-4-8-19-13-7-6-11(14(18)21)10-12(13)17;1-9(2,3)13-8(12)11-7-5-4-6-10;8-5-2-1-4(7(9)11)3-6(5)10(12)13;1-3-9-6(7(10)11)4-5(2)8-9;2-1-3/h4-7,10-11H,3,8-9,20H2,1-2H3,(H2,21,27)(H,22,23,28);4-7,10H,8-9H2,1-3H3,(H2,18,23)(H2,19,21)(H,20,24);4-7,10,19H,8-9,17H2,1-3H3,(H2,18,21)(H,20,22);4-5H,6-7,10H2,1-3H3,(H,11,12);1-3H,(H2,9,11);4H,3H2,1-2H3,(H,10,11);/b4*5-4+;;;. The van der Waals surface area contributed by atoms with Gasteiger partial charge in [0.2, 0.25) is 41.3 Å². The van der Waals surface area contributed by atoms with Crippen LogP contribution in [0, 0.1) is 40.0 Å². The molecule has 22 N–H and O–H groups in total. The van der Waals surface area contributed by atoms with Crippen molar-refractivity contribution in [2.45, 2.75) is 133 Å². The summed E-state index contributed by atoms with van der Waals surface area (Å²) in [4.78, 5) is 121. The molecule has 0 saturated carbocycles. The molecule has 0 spiro atoms. The van der Waals surface area contributed by atoms with Gasteiger partial charge in [0.15, 0.2) is 0 Å². The number of amides is 8. The molecule has 0 saturated heterocycles. The van der Waals surface area contributed by atoms with Crippen LogP contribution in [0.5, 0.6) is 0 Å². The van der Waals surface area contributed by atoms with E-state index in [-0.39, 0.29) is 17.2 Å². The van der Waals surface area contributed by atoms with Gasteiger partial charge in [-0.3, -0.25) is 48.8 Å². The number of halogens is 2. The van der Waals surface area contributed by atoms with E-state index in [0.717, 1.165) is 40.6 Å². The van der Waals surface area contributed by atoms with E-state index in [9.17, 15) is 57.7 Å². The van der Waals surface area contributed by atoms with Gasteiger partial charge in [0.25, 0.3) is 5.91 Å². The average molecular weight is 1680 g/mol. The maximum Gasteiger partial charge on any atom is 0.407 e. The maximum atomic E-state index is 12.8. The summed E-state index contributed by atoms with van der Waals surface area (Å²) in [7, 11) is 0. The van der Waals surface area contributed by atoms with Crippen molar-refractivity contribution in [1.29, 1.82) is 5.26 Å². The first kappa shape index (κ1) is 98.5. The highest BCUT2D eigenvalue weighted by Gasteiger charge is 2.22. The topological polar surface area (TPSA) is 608 Å². The van der Waals surface area contributed by atoms with E-state index in [1.807, 2.05) is 70.4 Å². The summed E-state index contributed by atoms with van der Waals surface area (Å²) in [6, 6.07) is 20.8. The van der Waals surface area contributed by atoms with Crippen LogP contribution >= 0.6 is 15.9 Å². The van der Waals surface area contributed by atoms with Crippen molar-refractivity contribution in [1.82, 2.24) is 54.6 Å². The van der Waals surface area contributed by atoms with E-state index in [1.165, 1.54) is 10.7 Å². The van der Waals surface area contributed by atoms with Crippen LogP contribution in [0.1, 0.15) is 150 Å². The minimum atomic E-state index is -0.991. The second-order valence-electron chi connectivity index (χ2n) is 26.9. The molecular formula is C76H103BrFN23O15. The van der Waals surface area contributed by atoms with Gasteiger partial charge in [-0.25, -0.2) is 29.1 Å². The molecule has 8 rings (SSSR count). The first-order valence-corrected chi connectivity index (χ1v) is 36.2. The van der Waals surface area contributed by atoms with Crippen molar-refractivity contribution in [3.63, 3.8) is 0 Å². The number of aromatic nitrogens is 8. The number of benzene rings is 4. The molecule has 8 amide bonds. The number of ether oxygens (including phenoxy) is 3. The first-order valence-electron chi connectivity index (χ1n) is 35.4. The van der Waals surface area contributed by atoms with Crippen molar-refractivity contribution >= 4 is 121 Å². The number of primary amides is 4. The molecule has 38 nitrogen and oxygen atoms in total. The molecule has 0 atom stereocenters. The van der Waals surface area contributed by atoms with Gasteiger partial charge in [0.1, 0.15) is 33.2 Å². The number of rotatable bonds is 25. The zero-order chi connectivity index (χ0) is 87.8. The molecular weight excluding hydrogens is 1570 g/mol. The lowest BCUT2D eigenvalue weighted by atomic mass is 10.1. The second-order valence-corrected chi connectivity index (χ2v) is 27.3. The number of nitrogens with zero attached hydrogens (tertiary/aromatic N) is 10. The van der Waals surface area contributed by atoms with Crippen molar-refractivity contribution in [3.05, 3.63) is 194 Å². The third kappa shape index (κ3) is 36.3. The number of alkyl carbamates (subject to hydrolysis) is 3. The van der Waals surface area contributed by atoms with Crippen molar-refractivity contribution in [3.8, 4) is 4.98 Å². The Morgan fingerprint density at radius 1 is 0.569 bits per heavy atom. The Morgan fingerprint density at radius 3 is 1.38 bits per heavy atom. The van der Waals surface area contributed by atoms with E-state index in [4.69, 9.17) is 70.4 Å². The number of aryl methyl sites for hydroxylation is 4. The Bertz CT molecular complexity index is 4860. The van der Waals surface area contributed by atoms with Gasteiger partial charge in [-0.1, -0.05) is 48.6 Å². The molecule has 0 radical (unpaired) electrons. The minimum Gasteiger partial charge on any atom is -0.477 e. The zero-order valence-electron chi connectivity index (χ0n) is 66.8. The summed E-state index contributed by atoms with van der Waals surface area (Å²) < 4.78 is 34.7. The van der Waals surface area contributed by atoms with E-state index < -0.39 is 81.1 Å². The number of carboxylic acid groups (broad SMARTS) is 1. The van der Waals surface area contributed by atoms with Gasteiger partial charge < -0.3 is 95.6 Å². The molecule has 116 heavy (non-hydrogen) atoms. The number of carbonyl (C=O) groups excluding carboxylic acids is 8. The van der Waals surface area contributed by atoms with Crippen molar-refractivity contribution in [2.24, 2.45) is 34.4 Å². The van der Waals surface area contributed by atoms with Crippen LogP contribution in [0.3, 0.4) is 0 Å². The summed E-state index contributed by atoms with van der Waals surface area (Å²) in [6.07, 6.45) is 13.2. The Kier molecular flexibility index (Phi) is 41.1. The van der Waals surface area contributed by atoms with Gasteiger partial charge in [0.05, 0.1) is 49.8 Å². The van der Waals surface area contributed by atoms with Gasteiger partial charge in [-0.15, -0.1) is 0 Å². The summed E-state index contributed by atoms with van der Waals surface area (Å²) in [5, 5.41) is 48.2. The highest BCUT2D eigenvalue weighted by Crippen LogP contribution is 2.25. The van der Waals surface area contributed by atoms with Gasteiger partial charge >= 0.3 is 29.9 Å². The number of nitriles is 1. The minimum absolute atomic E-state index is 0.0897. The van der Waals surface area contributed by atoms with Crippen molar-refractivity contribution in [2.75, 3.05) is 61.4 Å². The Balaban J connectivity index is 0.000000483. The average Bonchev–Trinajstić information content (AvgIpc) is 1.62. The van der Waals surface area contributed by atoms with Crippen molar-refractivity contribution < 1.29 is 71.8 Å². The van der Waals surface area contributed by atoms with Crippen LogP contribution in [0.15, 0.2) is 134 Å². The van der Waals surface area contributed by atoms with Gasteiger partial charge in [-0.2, -0.15) is 19.8 Å². The van der Waals surface area contributed by atoms with Crippen LogP contribution in [0.4, 0.5) is 47.7 Å². The number of nitro benzene ring substituents is 1. The molecule has 0 unspecified atom stereocenters. The molecule has 8 aromatic rings. The summed E-state index contributed by atoms with van der Waals surface area (Å²) in [5.74, 6) is -3.92. The largest absolute Gasteiger partial charge is 0.477 e. The summed E-state index contributed by atoms with van der Waals surface area (Å²) in [5.41, 5.74) is 48.0. The number of hydrogen-bond donors (Lipinski definition) is 14. The smallest absolute Gasteiger partial charge is 0.407 e.